The highest BCUT2D eigenvalue weighted by molar-refractivity contribution is 9.11. The van der Waals surface area contributed by atoms with Crippen LogP contribution in [0.15, 0.2) is 21.1 Å². The SMILES string of the molecule is CC1CCC(Nc2c(Br)cc(Cl)cc2Br)CC1C. The number of benzene rings is 1. The topological polar surface area (TPSA) is 12.0 Å². The van der Waals surface area contributed by atoms with Crippen molar-refractivity contribution in [3.63, 3.8) is 0 Å². The van der Waals surface area contributed by atoms with Crippen molar-refractivity contribution in [2.75, 3.05) is 5.32 Å². The van der Waals surface area contributed by atoms with Crippen LogP contribution in [0.1, 0.15) is 33.1 Å². The maximum atomic E-state index is 6.02. The van der Waals surface area contributed by atoms with Crippen LogP contribution in [0.25, 0.3) is 0 Å². The molecule has 0 aromatic heterocycles. The predicted octanol–water partition coefficient (Wildman–Crippen LogP) is 6.10. The van der Waals surface area contributed by atoms with Crippen molar-refractivity contribution >= 4 is 49.1 Å². The maximum absolute atomic E-state index is 6.02. The molecule has 0 heterocycles. The van der Waals surface area contributed by atoms with Crippen LogP contribution in [-0.4, -0.2) is 6.04 Å². The smallest absolute Gasteiger partial charge is 0.0632 e. The first-order chi connectivity index (χ1) is 8.47. The average Bonchev–Trinajstić information content (AvgIpc) is 2.28. The summed E-state index contributed by atoms with van der Waals surface area (Å²) < 4.78 is 2.04. The fraction of sp³-hybridized carbons (Fsp3) is 0.571. The number of hydrogen-bond donors (Lipinski definition) is 1. The molecule has 1 saturated carbocycles. The first kappa shape index (κ1) is 14.7. The monoisotopic (exact) mass is 393 g/mol. The van der Waals surface area contributed by atoms with Crippen molar-refractivity contribution in [1.29, 1.82) is 0 Å². The molecule has 0 amide bonds. The van der Waals surface area contributed by atoms with E-state index in [1.165, 1.54) is 19.3 Å². The first-order valence-corrected chi connectivity index (χ1v) is 8.35. The largest absolute Gasteiger partial charge is 0.380 e. The summed E-state index contributed by atoms with van der Waals surface area (Å²) in [5, 5.41) is 4.38. The molecule has 1 aliphatic rings. The van der Waals surface area contributed by atoms with Crippen LogP contribution in [0.4, 0.5) is 5.69 Å². The lowest BCUT2D eigenvalue weighted by Crippen LogP contribution is -2.30. The quantitative estimate of drug-likeness (QED) is 0.638. The van der Waals surface area contributed by atoms with Crippen molar-refractivity contribution in [2.24, 2.45) is 11.8 Å². The molecule has 0 aliphatic heterocycles. The third-order valence-corrected chi connectivity index (χ3v) is 5.42. The van der Waals surface area contributed by atoms with Gasteiger partial charge < -0.3 is 5.32 Å². The Morgan fingerprint density at radius 2 is 1.72 bits per heavy atom. The summed E-state index contributed by atoms with van der Waals surface area (Å²) in [6.07, 6.45) is 3.79. The summed E-state index contributed by atoms with van der Waals surface area (Å²) in [5.74, 6) is 1.64. The van der Waals surface area contributed by atoms with Crippen LogP contribution < -0.4 is 5.32 Å². The minimum atomic E-state index is 0.560. The summed E-state index contributed by atoms with van der Waals surface area (Å²) in [6, 6.07) is 4.43. The molecule has 1 aromatic rings. The minimum absolute atomic E-state index is 0.560. The molecular formula is C14H18Br2ClN. The number of nitrogens with one attached hydrogen (secondary N) is 1. The van der Waals surface area contributed by atoms with Crippen LogP contribution in [0.2, 0.25) is 5.02 Å². The average molecular weight is 396 g/mol. The van der Waals surface area contributed by atoms with Crippen LogP contribution in [0.5, 0.6) is 0 Å². The molecule has 1 aliphatic carbocycles. The number of halogens is 3. The lowest BCUT2D eigenvalue weighted by Gasteiger charge is -2.33. The van der Waals surface area contributed by atoms with Gasteiger partial charge in [0.25, 0.3) is 0 Å². The second-order valence-electron chi connectivity index (χ2n) is 5.35. The molecule has 4 heteroatoms. The van der Waals surface area contributed by atoms with Crippen molar-refractivity contribution in [2.45, 2.75) is 39.2 Å². The van der Waals surface area contributed by atoms with Gasteiger partial charge in [-0.05, 0) is 75.1 Å². The Balaban J connectivity index is 2.10. The van der Waals surface area contributed by atoms with Gasteiger partial charge in [-0.15, -0.1) is 0 Å². The fourth-order valence-corrected chi connectivity index (χ4v) is 4.46. The summed E-state index contributed by atoms with van der Waals surface area (Å²) >= 11 is 13.2. The lowest BCUT2D eigenvalue weighted by molar-refractivity contribution is 0.261. The van der Waals surface area contributed by atoms with Gasteiger partial charge in [0.05, 0.1) is 5.69 Å². The number of rotatable bonds is 2. The first-order valence-electron chi connectivity index (χ1n) is 6.38. The zero-order valence-corrected chi connectivity index (χ0v) is 14.6. The van der Waals surface area contributed by atoms with Gasteiger partial charge >= 0.3 is 0 Å². The van der Waals surface area contributed by atoms with Crippen LogP contribution in [0.3, 0.4) is 0 Å². The number of anilines is 1. The zero-order chi connectivity index (χ0) is 13.3. The Bertz CT molecular complexity index is 413. The molecule has 0 saturated heterocycles. The highest BCUT2D eigenvalue weighted by Crippen LogP contribution is 2.37. The summed E-state index contributed by atoms with van der Waals surface area (Å²) in [5.41, 5.74) is 1.12. The van der Waals surface area contributed by atoms with Crippen LogP contribution >= 0.6 is 43.5 Å². The third kappa shape index (κ3) is 3.43. The molecule has 1 N–H and O–H groups in total. The minimum Gasteiger partial charge on any atom is -0.380 e. The van der Waals surface area contributed by atoms with Crippen molar-refractivity contribution in [1.82, 2.24) is 0 Å². The highest BCUT2D eigenvalue weighted by Gasteiger charge is 2.25. The Morgan fingerprint density at radius 3 is 2.28 bits per heavy atom. The van der Waals surface area contributed by atoms with E-state index in [-0.39, 0.29) is 0 Å². The Hall–Kier alpha value is 0.270. The molecule has 18 heavy (non-hydrogen) atoms. The van der Waals surface area contributed by atoms with Gasteiger partial charge in [0.2, 0.25) is 0 Å². The van der Waals surface area contributed by atoms with E-state index in [1.807, 2.05) is 12.1 Å². The molecule has 3 atom stereocenters. The molecule has 1 nitrogen and oxygen atoms in total. The van der Waals surface area contributed by atoms with Gasteiger partial charge in [0.1, 0.15) is 0 Å². The van der Waals surface area contributed by atoms with Gasteiger partial charge in [-0.3, -0.25) is 0 Å². The molecular weight excluding hydrogens is 377 g/mol. The summed E-state index contributed by atoms with van der Waals surface area (Å²) in [4.78, 5) is 0. The Labute approximate surface area is 131 Å². The van der Waals surface area contributed by atoms with Gasteiger partial charge in [0.15, 0.2) is 0 Å². The Kier molecular flexibility index (Phi) is 5.01. The van der Waals surface area contributed by atoms with E-state index in [1.54, 1.807) is 0 Å². The van der Waals surface area contributed by atoms with Crippen molar-refractivity contribution in [3.05, 3.63) is 26.1 Å². The molecule has 3 unspecified atom stereocenters. The second-order valence-corrected chi connectivity index (χ2v) is 7.50. The molecule has 0 radical (unpaired) electrons. The maximum Gasteiger partial charge on any atom is 0.0632 e. The summed E-state index contributed by atoms with van der Waals surface area (Å²) in [7, 11) is 0. The van der Waals surface area contributed by atoms with Crippen molar-refractivity contribution in [3.8, 4) is 0 Å². The van der Waals surface area contributed by atoms with E-state index in [4.69, 9.17) is 11.6 Å². The molecule has 2 rings (SSSR count). The fourth-order valence-electron chi connectivity index (χ4n) is 2.56. The summed E-state index contributed by atoms with van der Waals surface area (Å²) in [6.45, 7) is 4.71. The molecule has 1 aromatic carbocycles. The van der Waals surface area contributed by atoms with Crippen LogP contribution in [-0.2, 0) is 0 Å². The van der Waals surface area contributed by atoms with Gasteiger partial charge in [-0.2, -0.15) is 0 Å². The van der Waals surface area contributed by atoms with E-state index >= 15 is 0 Å². The lowest BCUT2D eigenvalue weighted by atomic mass is 9.79. The van der Waals surface area contributed by atoms with E-state index in [9.17, 15) is 0 Å². The predicted molar refractivity (Wildman–Crippen MR) is 86.4 cm³/mol. The van der Waals surface area contributed by atoms with Gasteiger partial charge in [0, 0.05) is 20.0 Å². The van der Waals surface area contributed by atoms with Gasteiger partial charge in [-0.1, -0.05) is 25.4 Å². The normalized spacial score (nSPS) is 28.2. The third-order valence-electron chi connectivity index (χ3n) is 3.95. The zero-order valence-electron chi connectivity index (χ0n) is 10.6. The van der Waals surface area contributed by atoms with Gasteiger partial charge in [-0.25, -0.2) is 0 Å². The van der Waals surface area contributed by atoms with E-state index < -0.39 is 0 Å². The molecule has 0 spiro atoms. The molecule has 1 fully saturated rings. The van der Waals surface area contributed by atoms with Crippen molar-refractivity contribution < 1.29 is 0 Å². The highest BCUT2D eigenvalue weighted by atomic mass is 79.9. The van der Waals surface area contributed by atoms with Crippen LogP contribution in [0, 0.1) is 11.8 Å². The number of hydrogen-bond acceptors (Lipinski definition) is 1. The molecule has 100 valence electrons. The standard InChI is InChI=1S/C14H18Br2ClN/c1-8-3-4-11(5-9(8)2)18-14-12(15)6-10(17)7-13(14)16/h6-9,11,18H,3-5H2,1-2H3. The van der Waals surface area contributed by atoms with E-state index in [2.05, 4.69) is 51.0 Å². The molecule has 0 bridgehead atoms. The Morgan fingerprint density at radius 1 is 1.11 bits per heavy atom. The second kappa shape index (κ2) is 6.15. The van der Waals surface area contributed by atoms with E-state index in [0.717, 1.165) is 31.5 Å². The van der Waals surface area contributed by atoms with E-state index in [0.29, 0.717) is 6.04 Å².